The van der Waals surface area contributed by atoms with Crippen LogP contribution in [0.5, 0.6) is 5.75 Å². The predicted octanol–water partition coefficient (Wildman–Crippen LogP) is 5.10. The fourth-order valence-electron chi connectivity index (χ4n) is 4.75. The predicted molar refractivity (Wildman–Crippen MR) is 161 cm³/mol. The molecule has 0 spiro atoms. The molecule has 2 N–H and O–H groups in total. The lowest BCUT2D eigenvalue weighted by Gasteiger charge is -2.38. The SMILES string of the molecule is CCOCCCNC(=O)c1cc(NC(=O)C(Cl)c2ccccc2)ccc1N1CCN(c2ccccc2OC)CC1. The third-order valence-corrected chi connectivity index (χ3v) is 7.28. The van der Waals surface area contributed by atoms with Crippen molar-refractivity contribution in [1.29, 1.82) is 0 Å². The lowest BCUT2D eigenvalue weighted by Crippen LogP contribution is -2.47. The standard InChI is InChI=1S/C31H37ClN4O4/c1-3-40-21-9-16-33-30(37)25-22-24(34-31(38)29(32)23-10-5-4-6-11-23)14-15-26(25)35-17-19-36(20-18-35)27-12-7-8-13-28(27)39-2/h4-8,10-15,22,29H,3,9,16-21H2,1-2H3,(H,33,37)(H,34,38). The number of piperazine rings is 1. The third kappa shape index (κ3) is 7.46. The van der Waals surface area contributed by atoms with Crippen molar-refractivity contribution in [3.8, 4) is 5.75 Å². The largest absolute Gasteiger partial charge is 0.495 e. The Hall–Kier alpha value is -3.75. The van der Waals surface area contributed by atoms with Crippen LogP contribution >= 0.6 is 11.6 Å². The molecule has 0 saturated carbocycles. The van der Waals surface area contributed by atoms with Crippen LogP contribution in [0.15, 0.2) is 72.8 Å². The van der Waals surface area contributed by atoms with Crippen LogP contribution in [0.3, 0.4) is 0 Å². The van der Waals surface area contributed by atoms with E-state index in [-0.39, 0.29) is 11.8 Å². The van der Waals surface area contributed by atoms with Crippen LogP contribution in [0.2, 0.25) is 0 Å². The van der Waals surface area contributed by atoms with Crippen molar-refractivity contribution in [3.63, 3.8) is 0 Å². The number of hydrogen-bond donors (Lipinski definition) is 2. The molecule has 1 atom stereocenters. The van der Waals surface area contributed by atoms with E-state index in [4.69, 9.17) is 21.1 Å². The van der Waals surface area contributed by atoms with Gasteiger partial charge in [0.2, 0.25) is 5.91 Å². The molecule has 3 aromatic rings. The number of alkyl halides is 1. The highest BCUT2D eigenvalue weighted by atomic mass is 35.5. The first kappa shape index (κ1) is 29.2. The zero-order valence-electron chi connectivity index (χ0n) is 23.1. The molecule has 0 aliphatic carbocycles. The van der Waals surface area contributed by atoms with Crippen molar-refractivity contribution in [3.05, 3.63) is 83.9 Å². The molecule has 3 aromatic carbocycles. The van der Waals surface area contributed by atoms with Gasteiger partial charge in [0.1, 0.15) is 11.1 Å². The number of hydrogen-bond acceptors (Lipinski definition) is 6. The third-order valence-electron chi connectivity index (χ3n) is 6.83. The molecule has 2 amide bonds. The van der Waals surface area contributed by atoms with Gasteiger partial charge in [0, 0.05) is 57.3 Å². The zero-order valence-corrected chi connectivity index (χ0v) is 23.8. The van der Waals surface area contributed by atoms with Gasteiger partial charge in [0.25, 0.3) is 5.91 Å². The van der Waals surface area contributed by atoms with Gasteiger partial charge in [-0.2, -0.15) is 0 Å². The number of para-hydroxylation sites is 2. The maximum atomic E-state index is 13.4. The van der Waals surface area contributed by atoms with Crippen LogP contribution in [-0.4, -0.2) is 64.9 Å². The Morgan fingerprint density at radius 2 is 1.60 bits per heavy atom. The first-order valence-corrected chi connectivity index (χ1v) is 14.1. The molecule has 1 fully saturated rings. The lowest BCUT2D eigenvalue weighted by molar-refractivity contribution is -0.116. The number of carbonyl (C=O) groups is 2. The number of amides is 2. The number of ether oxygens (including phenoxy) is 2. The minimum absolute atomic E-state index is 0.194. The van der Waals surface area contributed by atoms with E-state index < -0.39 is 5.38 Å². The van der Waals surface area contributed by atoms with E-state index in [1.165, 1.54) is 0 Å². The summed E-state index contributed by atoms with van der Waals surface area (Å²) < 4.78 is 10.9. The molecule has 1 aliphatic heterocycles. The van der Waals surface area contributed by atoms with Crippen LogP contribution in [-0.2, 0) is 9.53 Å². The Balaban J connectivity index is 1.50. The van der Waals surface area contributed by atoms with E-state index in [2.05, 4.69) is 26.5 Å². The van der Waals surface area contributed by atoms with E-state index in [1.54, 1.807) is 13.2 Å². The lowest BCUT2D eigenvalue weighted by atomic mass is 10.1. The number of carbonyl (C=O) groups excluding carboxylic acids is 2. The van der Waals surface area contributed by atoms with Crippen LogP contribution < -0.4 is 25.2 Å². The van der Waals surface area contributed by atoms with Crippen LogP contribution in [0, 0.1) is 0 Å². The number of halogens is 1. The van der Waals surface area contributed by atoms with Crippen molar-refractivity contribution >= 4 is 40.5 Å². The highest BCUT2D eigenvalue weighted by Crippen LogP contribution is 2.31. The van der Waals surface area contributed by atoms with E-state index in [9.17, 15) is 9.59 Å². The molecule has 1 saturated heterocycles. The number of nitrogens with one attached hydrogen (secondary N) is 2. The number of methoxy groups -OCH3 is 1. The van der Waals surface area contributed by atoms with Crippen molar-refractivity contribution in [2.24, 2.45) is 0 Å². The van der Waals surface area contributed by atoms with E-state index in [0.29, 0.717) is 43.0 Å². The molecular weight excluding hydrogens is 528 g/mol. The van der Waals surface area contributed by atoms with E-state index in [1.807, 2.05) is 67.6 Å². The van der Waals surface area contributed by atoms with E-state index >= 15 is 0 Å². The fourth-order valence-corrected chi connectivity index (χ4v) is 4.95. The molecule has 1 aliphatic rings. The average Bonchev–Trinajstić information content (AvgIpc) is 3.01. The molecule has 0 radical (unpaired) electrons. The minimum atomic E-state index is -0.847. The molecule has 1 heterocycles. The van der Waals surface area contributed by atoms with Crippen molar-refractivity contribution in [2.75, 3.05) is 68.2 Å². The Morgan fingerprint density at radius 1 is 0.925 bits per heavy atom. The minimum Gasteiger partial charge on any atom is -0.495 e. The molecule has 8 nitrogen and oxygen atoms in total. The molecule has 9 heteroatoms. The number of rotatable bonds is 12. The van der Waals surface area contributed by atoms with Gasteiger partial charge in [-0.05, 0) is 49.2 Å². The summed E-state index contributed by atoms with van der Waals surface area (Å²) in [5, 5.41) is 5.04. The molecule has 0 aromatic heterocycles. The molecule has 40 heavy (non-hydrogen) atoms. The molecule has 4 rings (SSSR count). The second-order valence-corrected chi connectivity index (χ2v) is 9.88. The summed E-state index contributed by atoms with van der Waals surface area (Å²) >= 11 is 6.43. The van der Waals surface area contributed by atoms with Crippen LogP contribution in [0.4, 0.5) is 17.1 Å². The molecule has 1 unspecified atom stereocenters. The van der Waals surface area contributed by atoms with Gasteiger partial charge < -0.3 is 29.9 Å². The smallest absolute Gasteiger partial charge is 0.253 e. The van der Waals surface area contributed by atoms with Gasteiger partial charge in [-0.25, -0.2) is 0 Å². The van der Waals surface area contributed by atoms with Gasteiger partial charge in [-0.1, -0.05) is 42.5 Å². The summed E-state index contributed by atoms with van der Waals surface area (Å²) in [6.45, 7) is 6.68. The summed E-state index contributed by atoms with van der Waals surface area (Å²) in [5.74, 6) is 0.297. The summed E-state index contributed by atoms with van der Waals surface area (Å²) in [4.78, 5) is 30.8. The number of benzene rings is 3. The quantitative estimate of drug-likeness (QED) is 0.235. The van der Waals surface area contributed by atoms with Gasteiger partial charge >= 0.3 is 0 Å². The highest BCUT2D eigenvalue weighted by Gasteiger charge is 2.24. The summed E-state index contributed by atoms with van der Waals surface area (Å²) in [7, 11) is 1.68. The van der Waals surface area contributed by atoms with Gasteiger partial charge in [-0.15, -0.1) is 11.6 Å². The van der Waals surface area contributed by atoms with Crippen molar-refractivity contribution in [1.82, 2.24) is 5.32 Å². The molecule has 0 bridgehead atoms. The normalized spacial score (nSPS) is 14.0. The Morgan fingerprint density at radius 3 is 2.30 bits per heavy atom. The second kappa shape index (κ2) is 14.6. The summed E-state index contributed by atoms with van der Waals surface area (Å²) in [5.41, 5.74) is 3.61. The average molecular weight is 565 g/mol. The van der Waals surface area contributed by atoms with Gasteiger partial charge in [0.05, 0.1) is 18.4 Å². The first-order chi connectivity index (χ1) is 19.5. The van der Waals surface area contributed by atoms with Gasteiger partial charge in [0.15, 0.2) is 0 Å². The highest BCUT2D eigenvalue weighted by molar-refractivity contribution is 6.32. The number of nitrogens with zero attached hydrogens (tertiary/aromatic N) is 2. The van der Waals surface area contributed by atoms with Gasteiger partial charge in [-0.3, -0.25) is 9.59 Å². The summed E-state index contributed by atoms with van der Waals surface area (Å²) in [6, 6.07) is 22.6. The monoisotopic (exact) mass is 564 g/mol. The Bertz CT molecular complexity index is 1270. The Kier molecular flexibility index (Phi) is 10.7. The van der Waals surface area contributed by atoms with Crippen molar-refractivity contribution < 1.29 is 19.1 Å². The van der Waals surface area contributed by atoms with E-state index in [0.717, 1.165) is 43.3 Å². The van der Waals surface area contributed by atoms with Crippen LogP contribution in [0.25, 0.3) is 0 Å². The number of anilines is 3. The molecule has 212 valence electrons. The molecular formula is C31H37ClN4O4. The topological polar surface area (TPSA) is 83.1 Å². The Labute approximate surface area is 241 Å². The maximum absolute atomic E-state index is 13.4. The second-order valence-electron chi connectivity index (χ2n) is 9.45. The maximum Gasteiger partial charge on any atom is 0.253 e. The zero-order chi connectivity index (χ0) is 28.3. The fraction of sp³-hybridized carbons (Fsp3) is 0.355. The van der Waals surface area contributed by atoms with Crippen LogP contribution in [0.1, 0.15) is 34.6 Å². The first-order valence-electron chi connectivity index (χ1n) is 13.6. The van der Waals surface area contributed by atoms with Crippen molar-refractivity contribution in [2.45, 2.75) is 18.7 Å². The summed E-state index contributed by atoms with van der Waals surface area (Å²) in [6.07, 6.45) is 0.716.